The summed E-state index contributed by atoms with van der Waals surface area (Å²) in [6.45, 7) is 5.98. The molecule has 1 heterocycles. The van der Waals surface area contributed by atoms with Gasteiger partial charge in [-0.05, 0) is 20.3 Å². The molecule has 0 radical (unpaired) electrons. The molecule has 1 aromatic rings. The number of aliphatic carboxylic acids is 1. The van der Waals surface area contributed by atoms with E-state index in [2.05, 4.69) is 15.5 Å². The second-order valence-electron chi connectivity index (χ2n) is 5.00. The lowest BCUT2D eigenvalue weighted by Gasteiger charge is -2.14. The molecule has 1 amide bonds. The first-order valence-corrected chi connectivity index (χ1v) is 7.98. The van der Waals surface area contributed by atoms with Crippen molar-refractivity contribution in [1.82, 2.24) is 20.1 Å². The van der Waals surface area contributed by atoms with Crippen LogP contribution in [0.25, 0.3) is 0 Å². The van der Waals surface area contributed by atoms with Crippen LogP contribution in [0.3, 0.4) is 0 Å². The van der Waals surface area contributed by atoms with Crippen LogP contribution in [-0.4, -0.2) is 43.5 Å². The highest BCUT2D eigenvalue weighted by Crippen LogP contribution is 2.18. The largest absolute Gasteiger partial charge is 0.480 e. The van der Waals surface area contributed by atoms with Crippen LogP contribution >= 0.6 is 11.8 Å². The Kier molecular flexibility index (Phi) is 7.21. The Bertz CT molecular complexity index is 476. The number of hydrogen-bond donors (Lipinski definition) is 2. The van der Waals surface area contributed by atoms with E-state index in [4.69, 9.17) is 5.11 Å². The number of aromatic nitrogens is 3. The maximum atomic E-state index is 11.8. The van der Waals surface area contributed by atoms with Crippen LogP contribution in [0.2, 0.25) is 0 Å². The molecular weight excluding hydrogens is 292 g/mol. The molecule has 0 aliphatic rings. The Hall–Kier alpha value is -1.57. The van der Waals surface area contributed by atoms with Crippen molar-refractivity contribution >= 4 is 23.6 Å². The van der Waals surface area contributed by atoms with Crippen LogP contribution in [0.5, 0.6) is 0 Å². The van der Waals surface area contributed by atoms with Crippen molar-refractivity contribution in [3.05, 3.63) is 6.33 Å². The van der Waals surface area contributed by atoms with Gasteiger partial charge in [0.25, 0.3) is 0 Å². The molecule has 2 N–H and O–H groups in total. The van der Waals surface area contributed by atoms with Gasteiger partial charge in [0, 0.05) is 6.04 Å². The molecule has 0 bridgehead atoms. The second-order valence-corrected chi connectivity index (χ2v) is 5.95. The topological polar surface area (TPSA) is 97.1 Å². The molecule has 7 nitrogen and oxygen atoms in total. The molecule has 1 atom stereocenters. The fraction of sp³-hybridized carbons (Fsp3) is 0.692. The third-order valence-corrected chi connectivity index (χ3v) is 3.87. The molecule has 21 heavy (non-hydrogen) atoms. The fourth-order valence-electron chi connectivity index (χ4n) is 1.72. The molecule has 0 saturated heterocycles. The van der Waals surface area contributed by atoms with E-state index in [0.717, 1.165) is 12.8 Å². The highest BCUT2D eigenvalue weighted by atomic mass is 32.2. The molecule has 0 aliphatic carbocycles. The van der Waals surface area contributed by atoms with E-state index in [0.29, 0.717) is 11.6 Å². The Labute approximate surface area is 128 Å². The van der Waals surface area contributed by atoms with E-state index >= 15 is 0 Å². The molecule has 0 unspecified atom stereocenters. The second kappa shape index (κ2) is 8.66. The van der Waals surface area contributed by atoms with E-state index in [-0.39, 0.29) is 17.7 Å². The average molecular weight is 314 g/mol. The van der Waals surface area contributed by atoms with E-state index in [9.17, 15) is 9.59 Å². The van der Waals surface area contributed by atoms with Crippen molar-refractivity contribution in [3.63, 3.8) is 0 Å². The SMILES string of the molecule is CCCC[C@H](NC(=O)CSc1nncn1C(C)C)C(=O)O. The van der Waals surface area contributed by atoms with Gasteiger partial charge >= 0.3 is 5.97 Å². The van der Waals surface area contributed by atoms with Gasteiger partial charge in [-0.15, -0.1) is 10.2 Å². The van der Waals surface area contributed by atoms with Crippen molar-refractivity contribution < 1.29 is 14.7 Å². The Morgan fingerprint density at radius 3 is 2.76 bits per heavy atom. The van der Waals surface area contributed by atoms with E-state index in [1.54, 1.807) is 6.33 Å². The minimum Gasteiger partial charge on any atom is -0.480 e. The molecule has 0 saturated carbocycles. The average Bonchev–Trinajstić information content (AvgIpc) is 2.89. The van der Waals surface area contributed by atoms with Gasteiger partial charge in [-0.2, -0.15) is 0 Å². The van der Waals surface area contributed by atoms with E-state index < -0.39 is 12.0 Å². The number of rotatable bonds is 9. The van der Waals surface area contributed by atoms with Gasteiger partial charge in [0.15, 0.2) is 5.16 Å². The number of amides is 1. The summed E-state index contributed by atoms with van der Waals surface area (Å²) in [6, 6.07) is -0.608. The molecule has 1 aromatic heterocycles. The number of unbranched alkanes of at least 4 members (excludes halogenated alkanes) is 1. The van der Waals surface area contributed by atoms with Crippen LogP contribution in [0, 0.1) is 0 Å². The monoisotopic (exact) mass is 314 g/mol. The maximum absolute atomic E-state index is 11.8. The number of hydrogen-bond acceptors (Lipinski definition) is 5. The Balaban J connectivity index is 2.49. The zero-order valence-corrected chi connectivity index (χ0v) is 13.4. The number of nitrogens with zero attached hydrogens (tertiary/aromatic N) is 3. The summed E-state index contributed by atoms with van der Waals surface area (Å²) in [7, 11) is 0. The lowest BCUT2D eigenvalue weighted by atomic mass is 10.1. The maximum Gasteiger partial charge on any atom is 0.326 e. The van der Waals surface area contributed by atoms with Crippen molar-refractivity contribution in [2.75, 3.05) is 5.75 Å². The van der Waals surface area contributed by atoms with Crippen molar-refractivity contribution in [2.24, 2.45) is 0 Å². The lowest BCUT2D eigenvalue weighted by Crippen LogP contribution is -2.41. The van der Waals surface area contributed by atoms with Crippen LogP contribution in [0.15, 0.2) is 11.5 Å². The molecule has 118 valence electrons. The summed E-state index contributed by atoms with van der Waals surface area (Å²) in [5, 5.41) is 20.0. The molecule has 0 aromatic carbocycles. The summed E-state index contributed by atoms with van der Waals surface area (Å²) in [5.41, 5.74) is 0. The molecular formula is C13H22N4O3S. The zero-order valence-electron chi connectivity index (χ0n) is 12.6. The molecule has 8 heteroatoms. The lowest BCUT2D eigenvalue weighted by molar-refractivity contribution is -0.141. The van der Waals surface area contributed by atoms with E-state index in [1.807, 2.05) is 25.3 Å². The number of nitrogens with one attached hydrogen (secondary N) is 1. The Morgan fingerprint density at radius 2 is 2.19 bits per heavy atom. The minimum atomic E-state index is -0.993. The van der Waals surface area contributed by atoms with Gasteiger partial charge in [0.1, 0.15) is 12.4 Å². The van der Waals surface area contributed by atoms with Gasteiger partial charge in [-0.1, -0.05) is 31.5 Å². The van der Waals surface area contributed by atoms with Gasteiger partial charge in [-0.3, -0.25) is 4.79 Å². The standard InChI is InChI=1S/C13H22N4O3S/c1-4-5-6-10(12(19)20)15-11(18)7-21-13-16-14-8-17(13)9(2)3/h8-10H,4-7H2,1-3H3,(H,15,18)(H,19,20)/t10-/m0/s1. The summed E-state index contributed by atoms with van der Waals surface area (Å²) in [6.07, 6.45) is 3.73. The first kappa shape index (κ1) is 17.5. The molecule has 1 rings (SSSR count). The van der Waals surface area contributed by atoms with E-state index in [1.165, 1.54) is 11.8 Å². The predicted molar refractivity (Wildman–Crippen MR) is 80.2 cm³/mol. The fourth-order valence-corrected chi connectivity index (χ4v) is 2.58. The van der Waals surface area contributed by atoms with Crippen molar-refractivity contribution in [3.8, 4) is 0 Å². The molecule has 0 aliphatic heterocycles. The normalized spacial score (nSPS) is 12.4. The first-order valence-electron chi connectivity index (χ1n) is 7.00. The summed E-state index contributed by atoms with van der Waals surface area (Å²) in [4.78, 5) is 22.9. The van der Waals surface area contributed by atoms with Gasteiger partial charge < -0.3 is 15.0 Å². The van der Waals surface area contributed by atoms with Gasteiger partial charge in [-0.25, -0.2) is 4.79 Å². The smallest absolute Gasteiger partial charge is 0.326 e. The molecule has 0 spiro atoms. The number of carbonyl (C=O) groups is 2. The molecule has 0 fully saturated rings. The Morgan fingerprint density at radius 1 is 1.48 bits per heavy atom. The van der Waals surface area contributed by atoms with Crippen LogP contribution in [0.4, 0.5) is 0 Å². The quantitative estimate of drug-likeness (QED) is 0.674. The number of thioether (sulfide) groups is 1. The highest BCUT2D eigenvalue weighted by molar-refractivity contribution is 7.99. The number of carboxylic acids is 1. The van der Waals surface area contributed by atoms with Crippen LogP contribution in [-0.2, 0) is 9.59 Å². The van der Waals surface area contributed by atoms with Gasteiger partial charge in [0.2, 0.25) is 5.91 Å². The third kappa shape index (κ3) is 5.74. The summed E-state index contributed by atoms with van der Waals surface area (Å²) in [5.74, 6) is -1.17. The summed E-state index contributed by atoms with van der Waals surface area (Å²) < 4.78 is 1.86. The van der Waals surface area contributed by atoms with Crippen molar-refractivity contribution in [2.45, 2.75) is 57.3 Å². The summed E-state index contributed by atoms with van der Waals surface area (Å²) >= 11 is 1.25. The van der Waals surface area contributed by atoms with Crippen LogP contribution < -0.4 is 5.32 Å². The van der Waals surface area contributed by atoms with Crippen LogP contribution in [0.1, 0.15) is 46.1 Å². The predicted octanol–water partition coefficient (Wildman–Crippen LogP) is 1.71. The minimum absolute atomic E-state index is 0.126. The first-order chi connectivity index (χ1) is 9.95. The number of carboxylic acid groups (broad SMARTS) is 1. The zero-order chi connectivity index (χ0) is 15.8. The number of carbonyl (C=O) groups excluding carboxylic acids is 1. The third-order valence-electron chi connectivity index (χ3n) is 2.91. The van der Waals surface area contributed by atoms with Gasteiger partial charge in [0.05, 0.1) is 5.75 Å². The highest BCUT2D eigenvalue weighted by Gasteiger charge is 2.19. The van der Waals surface area contributed by atoms with Crippen molar-refractivity contribution in [1.29, 1.82) is 0 Å².